The highest BCUT2D eigenvalue weighted by atomic mass is 35.5. The van der Waals surface area contributed by atoms with Crippen LogP contribution in [0.3, 0.4) is 0 Å². The molecule has 0 aliphatic carbocycles. The van der Waals surface area contributed by atoms with Gasteiger partial charge in [-0.25, -0.2) is 17.2 Å². The van der Waals surface area contributed by atoms with Crippen molar-refractivity contribution in [3.05, 3.63) is 58.6 Å². The number of carbonyl (C=O) groups excluding carboxylic acids is 1. The number of aliphatic hydroxyl groups excluding tert-OH is 1. The van der Waals surface area contributed by atoms with Crippen molar-refractivity contribution < 1.29 is 27.1 Å². The maximum absolute atomic E-state index is 14.5. The van der Waals surface area contributed by atoms with Gasteiger partial charge in [-0.1, -0.05) is 11.6 Å². The molecule has 10 heteroatoms. The molecule has 1 fully saturated rings. The monoisotopic (exact) mass is 458 g/mol. The number of benzene rings is 2. The maximum Gasteiger partial charge on any atom is 0.255 e. The molecule has 2 aromatic carbocycles. The second-order valence-electron chi connectivity index (χ2n) is 7.22. The van der Waals surface area contributed by atoms with E-state index in [0.29, 0.717) is 12.8 Å². The average molecular weight is 459 g/mol. The summed E-state index contributed by atoms with van der Waals surface area (Å²) in [6.07, 6.45) is 0.524. The summed E-state index contributed by atoms with van der Waals surface area (Å²) in [4.78, 5) is 11.9. The molecule has 2 aromatic rings. The molecule has 0 saturated carbocycles. The number of aliphatic hydroxyl groups is 1. The van der Waals surface area contributed by atoms with E-state index in [-0.39, 0.29) is 29.2 Å². The Kier molecular flexibility index (Phi) is 6.76. The van der Waals surface area contributed by atoms with Crippen LogP contribution in [0.4, 0.5) is 14.5 Å². The number of amides is 1. The number of rotatable bonds is 4. The lowest BCUT2D eigenvalue weighted by molar-refractivity contribution is 0.102. The molecule has 30 heavy (non-hydrogen) atoms. The fraction of sp³-hybridized carbons (Fsp3) is 0.350. The minimum atomic E-state index is -4.23. The van der Waals surface area contributed by atoms with Crippen molar-refractivity contribution in [1.82, 2.24) is 4.31 Å². The SMILES string of the molecule is CC1CC(O)CCCN1S(=O)(=O)c1cc(C(=O)Nc2ccc(F)c(Cl)c2)ccc1F. The standard InChI is InChI=1S/C20H21ClF2N2O4S/c1-12-9-15(26)3-2-8-25(12)30(28,29)19-10-13(4-6-18(19)23)20(27)24-14-5-7-17(22)16(21)11-14/h4-7,10-12,15,26H,2-3,8-9H2,1H3,(H,24,27). The van der Waals surface area contributed by atoms with Crippen molar-refractivity contribution in [2.24, 2.45) is 0 Å². The first-order valence-electron chi connectivity index (χ1n) is 9.35. The average Bonchev–Trinajstić information content (AvgIpc) is 2.85. The van der Waals surface area contributed by atoms with Gasteiger partial charge in [0, 0.05) is 23.8 Å². The largest absolute Gasteiger partial charge is 0.393 e. The lowest BCUT2D eigenvalue weighted by atomic mass is 10.1. The third kappa shape index (κ3) is 4.80. The second-order valence-corrected chi connectivity index (χ2v) is 9.49. The maximum atomic E-state index is 14.5. The molecule has 0 spiro atoms. The van der Waals surface area contributed by atoms with Gasteiger partial charge in [0.05, 0.1) is 11.1 Å². The van der Waals surface area contributed by atoms with Gasteiger partial charge in [0.15, 0.2) is 0 Å². The molecular weight excluding hydrogens is 438 g/mol. The highest BCUT2D eigenvalue weighted by Crippen LogP contribution is 2.27. The summed E-state index contributed by atoms with van der Waals surface area (Å²) in [5, 5.41) is 12.2. The molecule has 1 aliphatic heterocycles. The van der Waals surface area contributed by atoms with Crippen LogP contribution in [0.25, 0.3) is 0 Å². The van der Waals surface area contributed by atoms with Gasteiger partial charge in [-0.05, 0) is 62.6 Å². The predicted molar refractivity (Wildman–Crippen MR) is 109 cm³/mol. The summed E-state index contributed by atoms with van der Waals surface area (Å²) >= 11 is 5.69. The quantitative estimate of drug-likeness (QED) is 0.729. The number of nitrogens with zero attached hydrogens (tertiary/aromatic N) is 1. The van der Waals surface area contributed by atoms with Crippen molar-refractivity contribution in [3.8, 4) is 0 Å². The Morgan fingerprint density at radius 1 is 1.20 bits per heavy atom. The molecule has 0 aromatic heterocycles. The molecule has 1 heterocycles. The zero-order valence-corrected chi connectivity index (χ0v) is 17.7. The Hall–Kier alpha value is -2.07. The van der Waals surface area contributed by atoms with Crippen molar-refractivity contribution in [2.45, 2.75) is 43.2 Å². The smallest absolute Gasteiger partial charge is 0.255 e. The highest BCUT2D eigenvalue weighted by Gasteiger charge is 2.34. The molecule has 1 aliphatic rings. The molecule has 6 nitrogen and oxygen atoms in total. The molecule has 2 N–H and O–H groups in total. The van der Waals surface area contributed by atoms with E-state index in [1.54, 1.807) is 6.92 Å². The minimum Gasteiger partial charge on any atom is -0.393 e. The first kappa shape index (κ1) is 22.6. The van der Waals surface area contributed by atoms with E-state index in [4.69, 9.17) is 11.6 Å². The van der Waals surface area contributed by atoms with E-state index < -0.39 is 44.6 Å². The normalized spacial score (nSPS) is 20.6. The molecule has 1 saturated heterocycles. The third-order valence-corrected chi connectivity index (χ3v) is 7.30. The molecular formula is C20H21ClF2N2O4S. The van der Waals surface area contributed by atoms with Crippen LogP contribution < -0.4 is 5.32 Å². The van der Waals surface area contributed by atoms with Crippen LogP contribution >= 0.6 is 11.6 Å². The van der Waals surface area contributed by atoms with Gasteiger partial charge in [-0.3, -0.25) is 4.79 Å². The number of hydrogen-bond donors (Lipinski definition) is 2. The summed E-state index contributed by atoms with van der Waals surface area (Å²) in [6.45, 7) is 1.79. The van der Waals surface area contributed by atoms with Gasteiger partial charge in [-0.15, -0.1) is 0 Å². The summed E-state index contributed by atoms with van der Waals surface area (Å²) in [7, 11) is -4.23. The Morgan fingerprint density at radius 2 is 1.90 bits per heavy atom. The highest BCUT2D eigenvalue weighted by molar-refractivity contribution is 7.89. The predicted octanol–water partition coefficient (Wildman–Crippen LogP) is 3.79. The summed E-state index contributed by atoms with van der Waals surface area (Å²) < 4.78 is 55.1. The van der Waals surface area contributed by atoms with Crippen LogP contribution in [0.2, 0.25) is 5.02 Å². The van der Waals surface area contributed by atoms with Gasteiger partial charge < -0.3 is 10.4 Å². The Balaban J connectivity index is 1.90. The Morgan fingerprint density at radius 3 is 2.60 bits per heavy atom. The number of nitrogens with one attached hydrogen (secondary N) is 1. The van der Waals surface area contributed by atoms with E-state index in [1.807, 2.05) is 0 Å². The zero-order valence-electron chi connectivity index (χ0n) is 16.1. The Bertz CT molecular complexity index is 1060. The van der Waals surface area contributed by atoms with Crippen molar-refractivity contribution in [3.63, 3.8) is 0 Å². The fourth-order valence-electron chi connectivity index (χ4n) is 3.44. The van der Waals surface area contributed by atoms with Crippen molar-refractivity contribution in [2.75, 3.05) is 11.9 Å². The number of hydrogen-bond acceptors (Lipinski definition) is 4. The van der Waals surface area contributed by atoms with Crippen LogP contribution in [0.5, 0.6) is 0 Å². The molecule has 162 valence electrons. The van der Waals surface area contributed by atoms with Crippen LogP contribution in [-0.2, 0) is 10.0 Å². The van der Waals surface area contributed by atoms with Crippen molar-refractivity contribution in [1.29, 1.82) is 0 Å². The summed E-state index contributed by atoms with van der Waals surface area (Å²) in [5.74, 6) is -2.33. The number of sulfonamides is 1. The van der Waals surface area contributed by atoms with Gasteiger partial charge in [-0.2, -0.15) is 4.31 Å². The first-order chi connectivity index (χ1) is 14.1. The van der Waals surface area contributed by atoms with Gasteiger partial charge in [0.1, 0.15) is 16.5 Å². The molecule has 2 unspecified atom stereocenters. The zero-order chi connectivity index (χ0) is 22.1. The van der Waals surface area contributed by atoms with E-state index in [1.165, 1.54) is 12.1 Å². The Labute approximate surface area is 178 Å². The van der Waals surface area contributed by atoms with Crippen LogP contribution in [0.15, 0.2) is 41.3 Å². The second kappa shape index (κ2) is 8.97. The minimum absolute atomic E-state index is 0.0852. The first-order valence-corrected chi connectivity index (χ1v) is 11.2. The number of halogens is 3. The van der Waals surface area contributed by atoms with Crippen LogP contribution in [0.1, 0.15) is 36.5 Å². The summed E-state index contributed by atoms with van der Waals surface area (Å²) in [6, 6.07) is 6.10. The topological polar surface area (TPSA) is 86.7 Å². The molecule has 0 bridgehead atoms. The fourth-order valence-corrected chi connectivity index (χ4v) is 5.39. The van der Waals surface area contributed by atoms with E-state index >= 15 is 0 Å². The van der Waals surface area contributed by atoms with Gasteiger partial charge >= 0.3 is 0 Å². The van der Waals surface area contributed by atoms with Gasteiger partial charge in [0.25, 0.3) is 5.91 Å². The van der Waals surface area contributed by atoms with Crippen LogP contribution in [-0.4, -0.2) is 42.4 Å². The van der Waals surface area contributed by atoms with E-state index in [9.17, 15) is 27.1 Å². The molecule has 3 rings (SSSR count). The molecule has 1 amide bonds. The van der Waals surface area contributed by atoms with Gasteiger partial charge in [0.2, 0.25) is 10.0 Å². The van der Waals surface area contributed by atoms with E-state index in [2.05, 4.69) is 5.32 Å². The van der Waals surface area contributed by atoms with E-state index in [0.717, 1.165) is 28.6 Å². The lowest BCUT2D eigenvalue weighted by Crippen LogP contribution is -2.39. The number of anilines is 1. The number of carbonyl (C=O) groups is 1. The molecule has 0 radical (unpaired) electrons. The third-order valence-electron chi connectivity index (χ3n) is 4.98. The van der Waals surface area contributed by atoms with Crippen LogP contribution in [0, 0.1) is 11.6 Å². The lowest BCUT2D eigenvalue weighted by Gasteiger charge is -2.27. The summed E-state index contributed by atoms with van der Waals surface area (Å²) in [5.41, 5.74) is 0.119. The molecule has 2 atom stereocenters. The van der Waals surface area contributed by atoms with Crippen molar-refractivity contribution >= 4 is 33.2 Å².